The van der Waals surface area contributed by atoms with Crippen LogP contribution in [-0.2, 0) is 18.9 Å². The topological polar surface area (TPSA) is 49.0 Å². The van der Waals surface area contributed by atoms with Crippen LogP contribution in [0.1, 0.15) is 33.6 Å². The Kier molecular flexibility index (Phi) is 15.0. The molecular formula is C15H33NO4. The molecule has 5 nitrogen and oxygen atoms in total. The van der Waals surface area contributed by atoms with E-state index in [1.807, 2.05) is 0 Å². The molecule has 0 aliphatic carbocycles. The van der Waals surface area contributed by atoms with E-state index >= 15 is 0 Å². The molecule has 0 aliphatic rings. The number of ether oxygens (including phenoxy) is 4. The van der Waals surface area contributed by atoms with Crippen LogP contribution in [0, 0.1) is 0 Å². The fraction of sp³-hybridized carbons (Fsp3) is 1.00. The first-order valence-corrected chi connectivity index (χ1v) is 7.70. The van der Waals surface area contributed by atoms with Gasteiger partial charge in [-0.25, -0.2) is 0 Å². The predicted molar refractivity (Wildman–Crippen MR) is 81.3 cm³/mol. The van der Waals surface area contributed by atoms with Crippen molar-refractivity contribution in [1.82, 2.24) is 5.32 Å². The quantitative estimate of drug-likeness (QED) is 0.467. The number of methoxy groups -OCH3 is 1. The van der Waals surface area contributed by atoms with Gasteiger partial charge in [-0.05, 0) is 6.42 Å². The summed E-state index contributed by atoms with van der Waals surface area (Å²) in [6.07, 6.45) is 2.50. The minimum absolute atomic E-state index is 0.281. The summed E-state index contributed by atoms with van der Waals surface area (Å²) < 4.78 is 21.5. The van der Waals surface area contributed by atoms with Crippen molar-refractivity contribution in [2.24, 2.45) is 0 Å². The largest absolute Gasteiger partial charge is 0.382 e. The Morgan fingerprint density at radius 3 is 2.05 bits per heavy atom. The lowest BCUT2D eigenvalue weighted by Crippen LogP contribution is -2.34. The highest BCUT2D eigenvalue weighted by Gasteiger charge is 2.08. The summed E-state index contributed by atoms with van der Waals surface area (Å²) in [5.41, 5.74) is 0. The van der Waals surface area contributed by atoms with Crippen molar-refractivity contribution in [3.63, 3.8) is 0 Å². The number of nitrogens with one attached hydrogen (secondary N) is 1. The van der Waals surface area contributed by atoms with Crippen LogP contribution in [0.2, 0.25) is 0 Å². The third kappa shape index (κ3) is 14.2. The Morgan fingerprint density at radius 2 is 1.50 bits per heavy atom. The summed E-state index contributed by atoms with van der Waals surface area (Å²) in [4.78, 5) is 0. The second-order valence-electron chi connectivity index (χ2n) is 5.06. The molecule has 0 aromatic carbocycles. The van der Waals surface area contributed by atoms with Gasteiger partial charge >= 0.3 is 0 Å². The first kappa shape index (κ1) is 19.8. The van der Waals surface area contributed by atoms with Gasteiger partial charge < -0.3 is 24.3 Å². The van der Waals surface area contributed by atoms with Gasteiger partial charge in [0.2, 0.25) is 0 Å². The number of hydrogen-bond donors (Lipinski definition) is 1. The highest BCUT2D eigenvalue weighted by Crippen LogP contribution is 2.01. The van der Waals surface area contributed by atoms with E-state index in [1.165, 1.54) is 0 Å². The van der Waals surface area contributed by atoms with Gasteiger partial charge in [0.25, 0.3) is 0 Å². The van der Waals surface area contributed by atoms with Gasteiger partial charge in [0.15, 0.2) is 0 Å². The molecule has 1 unspecified atom stereocenters. The molecule has 1 atom stereocenters. The highest BCUT2D eigenvalue weighted by molar-refractivity contribution is 4.63. The van der Waals surface area contributed by atoms with Gasteiger partial charge in [0.1, 0.15) is 0 Å². The molecular weight excluding hydrogens is 258 g/mol. The maximum absolute atomic E-state index is 5.83. The minimum atomic E-state index is 0.281. The first-order chi connectivity index (χ1) is 9.70. The summed E-state index contributed by atoms with van der Waals surface area (Å²) in [5, 5.41) is 3.41. The molecule has 0 saturated heterocycles. The molecule has 0 amide bonds. The second kappa shape index (κ2) is 15.2. The van der Waals surface area contributed by atoms with Crippen LogP contribution in [0.25, 0.3) is 0 Å². The van der Waals surface area contributed by atoms with E-state index in [-0.39, 0.29) is 6.10 Å². The summed E-state index contributed by atoms with van der Waals surface area (Å²) in [6.45, 7) is 11.1. The zero-order valence-corrected chi connectivity index (χ0v) is 13.7. The van der Waals surface area contributed by atoms with Crippen molar-refractivity contribution in [2.45, 2.75) is 45.8 Å². The lowest BCUT2D eigenvalue weighted by molar-refractivity contribution is -0.0182. The maximum Gasteiger partial charge on any atom is 0.0704 e. The zero-order valence-electron chi connectivity index (χ0n) is 13.7. The molecule has 1 N–H and O–H groups in total. The Hall–Kier alpha value is -0.200. The Balaban J connectivity index is 3.39. The summed E-state index contributed by atoms with van der Waals surface area (Å²) in [5.74, 6) is 0. The molecule has 0 spiro atoms. The van der Waals surface area contributed by atoms with Crippen molar-refractivity contribution >= 4 is 0 Å². The fourth-order valence-corrected chi connectivity index (χ4v) is 1.67. The van der Waals surface area contributed by atoms with Crippen molar-refractivity contribution in [1.29, 1.82) is 0 Å². The first-order valence-electron chi connectivity index (χ1n) is 7.70. The molecule has 0 aliphatic heterocycles. The number of rotatable bonds is 15. The minimum Gasteiger partial charge on any atom is -0.382 e. The van der Waals surface area contributed by atoms with Gasteiger partial charge in [-0.15, -0.1) is 0 Å². The van der Waals surface area contributed by atoms with E-state index in [2.05, 4.69) is 26.1 Å². The lowest BCUT2D eigenvalue weighted by Gasteiger charge is -2.19. The van der Waals surface area contributed by atoms with Crippen molar-refractivity contribution in [2.75, 3.05) is 53.3 Å². The van der Waals surface area contributed by atoms with E-state index in [1.54, 1.807) is 7.11 Å². The predicted octanol–water partition coefficient (Wildman–Crippen LogP) is 1.85. The van der Waals surface area contributed by atoms with Crippen LogP contribution in [-0.4, -0.2) is 65.4 Å². The molecule has 0 saturated carbocycles. The van der Waals surface area contributed by atoms with Crippen LogP contribution in [0.3, 0.4) is 0 Å². The van der Waals surface area contributed by atoms with E-state index < -0.39 is 0 Å². The van der Waals surface area contributed by atoms with Crippen LogP contribution < -0.4 is 5.32 Å². The summed E-state index contributed by atoms with van der Waals surface area (Å²) >= 11 is 0. The van der Waals surface area contributed by atoms with Crippen LogP contribution >= 0.6 is 0 Å². The Morgan fingerprint density at radius 1 is 0.900 bits per heavy atom. The van der Waals surface area contributed by atoms with E-state index in [0.717, 1.165) is 19.4 Å². The smallest absolute Gasteiger partial charge is 0.0704 e. The average Bonchev–Trinajstić information content (AvgIpc) is 2.42. The third-order valence-corrected chi connectivity index (χ3v) is 2.75. The van der Waals surface area contributed by atoms with Gasteiger partial charge in [-0.1, -0.05) is 27.2 Å². The van der Waals surface area contributed by atoms with E-state index in [9.17, 15) is 0 Å². The van der Waals surface area contributed by atoms with Gasteiger partial charge in [-0.3, -0.25) is 0 Å². The van der Waals surface area contributed by atoms with Crippen LogP contribution in [0.4, 0.5) is 0 Å². The van der Waals surface area contributed by atoms with Crippen molar-refractivity contribution in [3.8, 4) is 0 Å². The average molecular weight is 291 g/mol. The SMILES string of the molecule is CCCC(CNC(C)C)OCCOCCOCCOC. The molecule has 0 rings (SSSR count). The molecule has 122 valence electrons. The van der Waals surface area contributed by atoms with E-state index in [4.69, 9.17) is 18.9 Å². The Labute approximate surface area is 124 Å². The highest BCUT2D eigenvalue weighted by atomic mass is 16.6. The lowest BCUT2D eigenvalue weighted by atomic mass is 10.2. The van der Waals surface area contributed by atoms with Gasteiger partial charge in [-0.2, -0.15) is 0 Å². The molecule has 0 radical (unpaired) electrons. The van der Waals surface area contributed by atoms with Crippen LogP contribution in [0.5, 0.6) is 0 Å². The molecule has 0 aromatic heterocycles. The number of hydrogen-bond acceptors (Lipinski definition) is 5. The standard InChI is InChI=1S/C15H33NO4/c1-5-6-15(13-16-14(2)3)20-12-11-19-10-9-18-8-7-17-4/h14-16H,5-13H2,1-4H3. The normalized spacial score (nSPS) is 13.1. The van der Waals surface area contributed by atoms with E-state index in [0.29, 0.717) is 45.7 Å². The summed E-state index contributed by atoms with van der Waals surface area (Å²) in [6, 6.07) is 0.499. The molecule has 0 bridgehead atoms. The molecule has 0 aromatic rings. The monoisotopic (exact) mass is 291 g/mol. The van der Waals surface area contributed by atoms with Crippen molar-refractivity contribution < 1.29 is 18.9 Å². The maximum atomic E-state index is 5.83. The zero-order chi connectivity index (χ0) is 15.1. The third-order valence-electron chi connectivity index (χ3n) is 2.75. The fourth-order valence-electron chi connectivity index (χ4n) is 1.67. The molecule has 20 heavy (non-hydrogen) atoms. The molecule has 5 heteroatoms. The van der Waals surface area contributed by atoms with Crippen LogP contribution in [0.15, 0.2) is 0 Å². The molecule has 0 heterocycles. The van der Waals surface area contributed by atoms with Gasteiger partial charge in [0.05, 0.1) is 45.7 Å². The molecule has 0 fully saturated rings. The Bertz CT molecular complexity index is 191. The van der Waals surface area contributed by atoms with Crippen molar-refractivity contribution in [3.05, 3.63) is 0 Å². The van der Waals surface area contributed by atoms with Gasteiger partial charge in [0, 0.05) is 19.7 Å². The second-order valence-corrected chi connectivity index (χ2v) is 5.06. The summed E-state index contributed by atoms with van der Waals surface area (Å²) in [7, 11) is 1.66.